The lowest BCUT2D eigenvalue weighted by molar-refractivity contribution is 0.398. The van der Waals surface area contributed by atoms with Gasteiger partial charge in [0.2, 0.25) is 21.9 Å². The maximum Gasteiger partial charge on any atom is 0.239 e. The van der Waals surface area contributed by atoms with E-state index in [0.717, 1.165) is 6.26 Å². The third-order valence-electron chi connectivity index (χ3n) is 5.96. The summed E-state index contributed by atoms with van der Waals surface area (Å²) in [6.45, 7) is 6.59. The summed E-state index contributed by atoms with van der Waals surface area (Å²) in [6, 6.07) is 4.38. The van der Waals surface area contributed by atoms with E-state index in [0.29, 0.717) is 28.8 Å². The second kappa shape index (κ2) is 11.6. The number of anilines is 1. The van der Waals surface area contributed by atoms with Gasteiger partial charge in [-0.1, -0.05) is 31.5 Å². The van der Waals surface area contributed by atoms with Gasteiger partial charge in [0.1, 0.15) is 11.5 Å². The minimum Gasteiger partial charge on any atom is -0.515 e. The summed E-state index contributed by atoms with van der Waals surface area (Å²) in [5, 5.41) is 25.8. The number of nitrogens with one attached hydrogen (secondary N) is 2. The van der Waals surface area contributed by atoms with Gasteiger partial charge < -0.3 is 15.3 Å². The Hall–Kier alpha value is -3.58. The summed E-state index contributed by atoms with van der Waals surface area (Å²) in [7, 11) is -2.56. The number of sulfonamides is 1. The summed E-state index contributed by atoms with van der Waals surface area (Å²) >= 11 is 5.86. The van der Waals surface area contributed by atoms with Gasteiger partial charge in [0, 0.05) is 35.7 Å². The molecule has 0 aromatic carbocycles. The molecule has 14 heteroatoms. The fourth-order valence-corrected chi connectivity index (χ4v) is 5.05. The molecule has 0 saturated heterocycles. The highest BCUT2D eigenvalue weighted by molar-refractivity contribution is 7.93. The first-order chi connectivity index (χ1) is 17.5. The first kappa shape index (κ1) is 28.0. The SMILES string of the molecule is CC[C@@H](/C(=C/O)C(C)=N)n1c(NS(=O)(=O)[C@@H](C)[C@H](C)c2ncc(Cl)cn2)nnc1-c1cccc(OC)n1. The molecule has 0 aliphatic rings. The van der Waals surface area contributed by atoms with Crippen LogP contribution in [0.25, 0.3) is 11.5 Å². The number of rotatable bonds is 11. The van der Waals surface area contributed by atoms with Crippen molar-refractivity contribution in [2.24, 2.45) is 0 Å². The van der Waals surface area contributed by atoms with Gasteiger partial charge in [0.25, 0.3) is 0 Å². The van der Waals surface area contributed by atoms with E-state index in [-0.39, 0.29) is 23.1 Å². The Morgan fingerprint density at radius 1 is 1.27 bits per heavy atom. The van der Waals surface area contributed by atoms with Crippen LogP contribution in [0.1, 0.15) is 51.9 Å². The van der Waals surface area contributed by atoms with Crippen LogP contribution in [0.5, 0.6) is 5.88 Å². The number of aliphatic hydroxyl groups excluding tert-OH is 1. The molecule has 3 aromatic rings. The number of hydrogen-bond acceptors (Lipinski definition) is 10. The molecule has 3 aromatic heterocycles. The Kier molecular flexibility index (Phi) is 8.81. The van der Waals surface area contributed by atoms with Crippen LogP contribution in [-0.4, -0.2) is 61.3 Å². The van der Waals surface area contributed by atoms with Gasteiger partial charge in [-0.05, 0) is 26.3 Å². The van der Waals surface area contributed by atoms with Crippen LogP contribution in [0, 0.1) is 5.41 Å². The molecule has 37 heavy (non-hydrogen) atoms. The fraction of sp³-hybridized carbons (Fsp3) is 0.391. The van der Waals surface area contributed by atoms with Crippen molar-refractivity contribution in [2.45, 2.75) is 51.3 Å². The predicted molar refractivity (Wildman–Crippen MR) is 141 cm³/mol. The van der Waals surface area contributed by atoms with E-state index >= 15 is 0 Å². The van der Waals surface area contributed by atoms with E-state index in [1.807, 2.05) is 6.92 Å². The number of methoxy groups -OCH3 is 1. The van der Waals surface area contributed by atoms with E-state index in [1.54, 1.807) is 25.1 Å². The molecule has 0 fully saturated rings. The quantitative estimate of drug-likeness (QED) is 0.235. The minimum atomic E-state index is -4.04. The van der Waals surface area contributed by atoms with E-state index in [2.05, 4.69) is 29.9 Å². The summed E-state index contributed by atoms with van der Waals surface area (Å²) in [6.07, 6.45) is 4.04. The largest absolute Gasteiger partial charge is 0.515 e. The third kappa shape index (κ3) is 6.05. The van der Waals surface area contributed by atoms with Gasteiger partial charge in [-0.15, -0.1) is 10.2 Å². The highest BCUT2D eigenvalue weighted by Crippen LogP contribution is 2.33. The first-order valence-corrected chi connectivity index (χ1v) is 13.3. The van der Waals surface area contributed by atoms with Crippen LogP contribution < -0.4 is 9.46 Å². The van der Waals surface area contributed by atoms with Crippen molar-refractivity contribution in [1.29, 1.82) is 5.41 Å². The molecule has 0 saturated carbocycles. The monoisotopic (exact) mass is 548 g/mol. The van der Waals surface area contributed by atoms with E-state index in [9.17, 15) is 13.5 Å². The lowest BCUT2D eigenvalue weighted by atomic mass is 10.0. The van der Waals surface area contributed by atoms with Crippen LogP contribution in [0.4, 0.5) is 5.95 Å². The Labute approximate surface area is 220 Å². The van der Waals surface area contributed by atoms with Gasteiger partial charge in [0.15, 0.2) is 5.82 Å². The average Bonchev–Trinajstić information content (AvgIpc) is 3.28. The van der Waals surface area contributed by atoms with Crippen LogP contribution in [-0.2, 0) is 10.0 Å². The minimum absolute atomic E-state index is 0.0943. The van der Waals surface area contributed by atoms with Crippen molar-refractivity contribution >= 4 is 33.3 Å². The second-order valence-electron chi connectivity index (χ2n) is 8.32. The third-order valence-corrected chi connectivity index (χ3v) is 8.01. The zero-order valence-electron chi connectivity index (χ0n) is 21.0. The molecule has 0 aliphatic carbocycles. The molecule has 0 aliphatic heterocycles. The summed E-state index contributed by atoms with van der Waals surface area (Å²) < 4.78 is 36.2. The van der Waals surface area contributed by atoms with Crippen molar-refractivity contribution in [3.63, 3.8) is 0 Å². The van der Waals surface area contributed by atoms with E-state index in [4.69, 9.17) is 21.7 Å². The molecule has 0 unspecified atom stereocenters. The molecule has 0 amide bonds. The van der Waals surface area contributed by atoms with Gasteiger partial charge in [-0.2, -0.15) is 0 Å². The molecule has 0 radical (unpaired) electrons. The fourth-order valence-electron chi connectivity index (χ4n) is 3.71. The highest BCUT2D eigenvalue weighted by atomic mass is 35.5. The lowest BCUT2D eigenvalue weighted by Gasteiger charge is -2.24. The first-order valence-electron chi connectivity index (χ1n) is 11.4. The topological polar surface area (TPSA) is 169 Å². The molecule has 3 rings (SSSR count). The highest BCUT2D eigenvalue weighted by Gasteiger charge is 2.33. The van der Waals surface area contributed by atoms with Crippen molar-refractivity contribution < 1.29 is 18.3 Å². The molecule has 3 N–H and O–H groups in total. The van der Waals surface area contributed by atoms with Crippen molar-refractivity contribution in [2.75, 3.05) is 11.8 Å². The van der Waals surface area contributed by atoms with Crippen LogP contribution in [0.15, 0.2) is 42.4 Å². The molecule has 3 heterocycles. The van der Waals surface area contributed by atoms with Crippen molar-refractivity contribution in [3.8, 4) is 17.4 Å². The Morgan fingerprint density at radius 2 is 1.95 bits per heavy atom. The summed E-state index contributed by atoms with van der Waals surface area (Å²) in [5.41, 5.74) is 0.734. The number of ether oxygens (including phenoxy) is 1. The van der Waals surface area contributed by atoms with Gasteiger partial charge in [-0.3, -0.25) is 9.29 Å². The van der Waals surface area contributed by atoms with Gasteiger partial charge >= 0.3 is 0 Å². The smallest absolute Gasteiger partial charge is 0.239 e. The molecule has 0 spiro atoms. The predicted octanol–water partition coefficient (Wildman–Crippen LogP) is 4.16. The number of aliphatic hydroxyl groups is 1. The number of pyridine rings is 1. The Balaban J connectivity index is 2.10. The van der Waals surface area contributed by atoms with E-state index in [1.165, 1.54) is 37.9 Å². The second-order valence-corrected chi connectivity index (χ2v) is 10.8. The number of allylic oxidation sites excluding steroid dienone is 1. The average molecular weight is 549 g/mol. The van der Waals surface area contributed by atoms with Crippen LogP contribution in [0.3, 0.4) is 0 Å². The number of hydrogen-bond donors (Lipinski definition) is 3. The molecule has 0 bridgehead atoms. The maximum absolute atomic E-state index is 13.4. The maximum atomic E-state index is 13.4. The normalized spacial score (nSPS) is 14.6. The van der Waals surface area contributed by atoms with Crippen LogP contribution >= 0.6 is 11.6 Å². The van der Waals surface area contributed by atoms with Crippen molar-refractivity contribution in [1.82, 2.24) is 29.7 Å². The Bertz CT molecular complexity index is 1390. The molecular formula is C23H29ClN8O4S. The van der Waals surface area contributed by atoms with Gasteiger partial charge in [-0.25, -0.2) is 23.4 Å². The van der Waals surface area contributed by atoms with Crippen LogP contribution in [0.2, 0.25) is 5.02 Å². The molecule has 3 atom stereocenters. The standard InChI is InChI=1S/C23H29ClN8O4S/c1-6-19(17(12-33)14(3)25)32-22(18-8-7-9-20(28-18)36-5)29-30-23(32)31-37(34,35)15(4)13(2)21-26-10-16(24)11-27-21/h7-13,15,19,25,33H,6H2,1-5H3,(H,30,31)/b17-12+,25-14?/t13-,15-,19-/m0/s1. The summed E-state index contributed by atoms with van der Waals surface area (Å²) in [5.74, 6) is 0.202. The molecule has 198 valence electrons. The zero-order valence-corrected chi connectivity index (χ0v) is 22.6. The molecule has 12 nitrogen and oxygen atoms in total. The van der Waals surface area contributed by atoms with Gasteiger partial charge in [0.05, 0.1) is 29.7 Å². The number of nitrogens with zero attached hydrogens (tertiary/aromatic N) is 6. The summed E-state index contributed by atoms with van der Waals surface area (Å²) in [4.78, 5) is 12.7. The van der Waals surface area contributed by atoms with E-state index < -0.39 is 27.2 Å². The lowest BCUT2D eigenvalue weighted by Crippen LogP contribution is -2.32. The number of halogens is 1. The molecular weight excluding hydrogens is 520 g/mol. The van der Waals surface area contributed by atoms with Crippen molar-refractivity contribution in [3.05, 3.63) is 53.3 Å². The number of aromatic nitrogens is 6. The Morgan fingerprint density at radius 3 is 2.51 bits per heavy atom. The zero-order chi connectivity index (χ0) is 27.3.